The molecule has 0 spiro atoms. The maximum absolute atomic E-state index is 7.49. The largest absolute Gasteiger partial charge is 0.342 e. The SMILES string of the molecule is CC(C)=NOC(=N)Cc1ccccc1. The topological polar surface area (TPSA) is 45.4 Å². The molecule has 0 aliphatic heterocycles. The Labute approximate surface area is 83.9 Å². The molecule has 3 heteroatoms. The summed E-state index contributed by atoms with van der Waals surface area (Å²) in [5.41, 5.74) is 1.87. The lowest BCUT2D eigenvalue weighted by Crippen LogP contribution is -2.03. The van der Waals surface area contributed by atoms with Crippen molar-refractivity contribution >= 4 is 11.6 Å². The Hall–Kier alpha value is -1.64. The van der Waals surface area contributed by atoms with Gasteiger partial charge in [-0.3, -0.25) is 5.41 Å². The number of rotatable bonds is 3. The van der Waals surface area contributed by atoms with Gasteiger partial charge in [0.25, 0.3) is 0 Å². The molecule has 0 aromatic heterocycles. The van der Waals surface area contributed by atoms with Gasteiger partial charge in [-0.05, 0) is 19.4 Å². The number of benzene rings is 1. The Morgan fingerprint density at radius 1 is 1.29 bits per heavy atom. The van der Waals surface area contributed by atoms with E-state index < -0.39 is 0 Å². The molecule has 0 saturated heterocycles. The zero-order valence-electron chi connectivity index (χ0n) is 8.45. The van der Waals surface area contributed by atoms with Crippen molar-refractivity contribution in [2.24, 2.45) is 5.16 Å². The second kappa shape index (κ2) is 5.17. The molecule has 0 fully saturated rings. The standard InChI is InChI=1S/C11H14N2O/c1-9(2)13-14-11(12)8-10-6-4-3-5-7-10/h3-7,12H,8H2,1-2H3. The quantitative estimate of drug-likeness (QED) is 0.444. The first-order valence-electron chi connectivity index (χ1n) is 4.48. The molecule has 0 amide bonds. The lowest BCUT2D eigenvalue weighted by atomic mass is 10.1. The van der Waals surface area contributed by atoms with Crippen LogP contribution in [0, 0.1) is 5.41 Å². The average molecular weight is 190 g/mol. The highest BCUT2D eigenvalue weighted by Crippen LogP contribution is 2.01. The van der Waals surface area contributed by atoms with Crippen molar-refractivity contribution in [3.8, 4) is 0 Å². The molecule has 14 heavy (non-hydrogen) atoms. The van der Waals surface area contributed by atoms with Gasteiger partial charge in [-0.2, -0.15) is 0 Å². The molecule has 0 aliphatic rings. The summed E-state index contributed by atoms with van der Waals surface area (Å²) in [6.07, 6.45) is 0.484. The lowest BCUT2D eigenvalue weighted by Gasteiger charge is -2.01. The zero-order chi connectivity index (χ0) is 10.4. The molecule has 1 rings (SSSR count). The molecule has 0 unspecified atom stereocenters. The minimum absolute atomic E-state index is 0.164. The summed E-state index contributed by atoms with van der Waals surface area (Å²) in [6.45, 7) is 3.66. The first-order valence-corrected chi connectivity index (χ1v) is 4.48. The highest BCUT2D eigenvalue weighted by atomic mass is 16.6. The van der Waals surface area contributed by atoms with Gasteiger partial charge in [0.2, 0.25) is 5.90 Å². The van der Waals surface area contributed by atoms with Crippen molar-refractivity contribution < 1.29 is 4.84 Å². The summed E-state index contributed by atoms with van der Waals surface area (Å²) < 4.78 is 0. The van der Waals surface area contributed by atoms with Crippen LogP contribution in [0.25, 0.3) is 0 Å². The van der Waals surface area contributed by atoms with Crippen molar-refractivity contribution in [1.82, 2.24) is 0 Å². The van der Waals surface area contributed by atoms with E-state index in [2.05, 4.69) is 5.16 Å². The van der Waals surface area contributed by atoms with Gasteiger partial charge < -0.3 is 4.84 Å². The van der Waals surface area contributed by atoms with E-state index in [9.17, 15) is 0 Å². The predicted molar refractivity (Wildman–Crippen MR) is 57.7 cm³/mol. The molecule has 1 aromatic rings. The maximum Gasteiger partial charge on any atom is 0.221 e. The summed E-state index contributed by atoms with van der Waals surface area (Å²) in [5.74, 6) is 0.164. The highest BCUT2D eigenvalue weighted by molar-refractivity contribution is 5.81. The maximum atomic E-state index is 7.49. The second-order valence-corrected chi connectivity index (χ2v) is 3.22. The summed E-state index contributed by atoms with van der Waals surface area (Å²) in [7, 11) is 0. The van der Waals surface area contributed by atoms with E-state index in [-0.39, 0.29) is 5.90 Å². The van der Waals surface area contributed by atoms with Crippen molar-refractivity contribution in [2.75, 3.05) is 0 Å². The highest BCUT2D eigenvalue weighted by Gasteiger charge is 1.99. The predicted octanol–water partition coefficient (Wildman–Crippen LogP) is 2.62. The van der Waals surface area contributed by atoms with Gasteiger partial charge in [0.15, 0.2) is 0 Å². The number of nitrogens with zero attached hydrogens (tertiary/aromatic N) is 1. The summed E-state index contributed by atoms with van der Waals surface area (Å²) >= 11 is 0. The van der Waals surface area contributed by atoms with Crippen LogP contribution >= 0.6 is 0 Å². The van der Waals surface area contributed by atoms with E-state index >= 15 is 0 Å². The number of nitrogens with one attached hydrogen (secondary N) is 1. The van der Waals surface area contributed by atoms with Gasteiger partial charge in [0.05, 0.1) is 12.1 Å². The third kappa shape index (κ3) is 3.85. The molecule has 0 heterocycles. The van der Waals surface area contributed by atoms with Gasteiger partial charge in [0, 0.05) is 0 Å². The average Bonchev–Trinajstić information content (AvgIpc) is 2.16. The summed E-state index contributed by atoms with van der Waals surface area (Å²) in [6, 6.07) is 9.75. The molecule has 1 aromatic carbocycles. The monoisotopic (exact) mass is 190 g/mol. The summed E-state index contributed by atoms with van der Waals surface area (Å²) in [4.78, 5) is 4.88. The minimum Gasteiger partial charge on any atom is -0.342 e. The van der Waals surface area contributed by atoms with Gasteiger partial charge in [-0.25, -0.2) is 0 Å². The first-order chi connectivity index (χ1) is 6.68. The molecule has 0 atom stereocenters. The third-order valence-electron chi connectivity index (χ3n) is 1.55. The molecule has 3 nitrogen and oxygen atoms in total. The van der Waals surface area contributed by atoms with Gasteiger partial charge >= 0.3 is 0 Å². The van der Waals surface area contributed by atoms with Gasteiger partial charge in [-0.15, -0.1) is 0 Å². The van der Waals surface area contributed by atoms with Crippen LogP contribution < -0.4 is 0 Å². The third-order valence-corrected chi connectivity index (χ3v) is 1.55. The molecule has 0 bridgehead atoms. The smallest absolute Gasteiger partial charge is 0.221 e. The summed E-state index contributed by atoms with van der Waals surface area (Å²) in [5, 5.41) is 11.2. The van der Waals surface area contributed by atoms with Crippen LogP contribution in [-0.4, -0.2) is 11.6 Å². The van der Waals surface area contributed by atoms with E-state index in [1.165, 1.54) is 0 Å². The fraction of sp³-hybridized carbons (Fsp3) is 0.273. The van der Waals surface area contributed by atoms with Crippen molar-refractivity contribution in [2.45, 2.75) is 20.3 Å². The molecule has 0 aliphatic carbocycles. The molecule has 74 valence electrons. The van der Waals surface area contributed by atoms with Crippen LogP contribution in [0.4, 0.5) is 0 Å². The van der Waals surface area contributed by atoms with E-state index in [1.54, 1.807) is 0 Å². The fourth-order valence-corrected chi connectivity index (χ4v) is 0.960. The number of hydrogen-bond donors (Lipinski definition) is 1. The Morgan fingerprint density at radius 2 is 1.93 bits per heavy atom. The van der Waals surface area contributed by atoms with Crippen LogP contribution in [0.3, 0.4) is 0 Å². The minimum atomic E-state index is 0.164. The Kier molecular flexibility index (Phi) is 3.85. The zero-order valence-corrected chi connectivity index (χ0v) is 8.45. The Bertz CT molecular complexity index is 326. The lowest BCUT2D eigenvalue weighted by molar-refractivity contribution is 0.316. The van der Waals surface area contributed by atoms with Crippen molar-refractivity contribution in [1.29, 1.82) is 5.41 Å². The molecular formula is C11H14N2O. The fourth-order valence-electron chi connectivity index (χ4n) is 0.960. The van der Waals surface area contributed by atoms with Crippen LogP contribution in [0.2, 0.25) is 0 Å². The first kappa shape index (κ1) is 10.4. The van der Waals surface area contributed by atoms with Crippen LogP contribution in [0.1, 0.15) is 19.4 Å². The number of oxime groups is 1. The van der Waals surface area contributed by atoms with Crippen LogP contribution in [0.15, 0.2) is 35.5 Å². The Balaban J connectivity index is 2.46. The Morgan fingerprint density at radius 3 is 2.50 bits per heavy atom. The molecule has 1 N–H and O–H groups in total. The van der Waals surface area contributed by atoms with Crippen LogP contribution in [0.5, 0.6) is 0 Å². The van der Waals surface area contributed by atoms with Gasteiger partial charge in [-0.1, -0.05) is 35.5 Å². The van der Waals surface area contributed by atoms with Crippen molar-refractivity contribution in [3.05, 3.63) is 35.9 Å². The second-order valence-electron chi connectivity index (χ2n) is 3.22. The molecule has 0 saturated carbocycles. The molecular weight excluding hydrogens is 176 g/mol. The molecule has 0 radical (unpaired) electrons. The van der Waals surface area contributed by atoms with E-state index in [0.29, 0.717) is 6.42 Å². The van der Waals surface area contributed by atoms with E-state index in [1.807, 2.05) is 44.2 Å². The van der Waals surface area contributed by atoms with Crippen molar-refractivity contribution in [3.63, 3.8) is 0 Å². The van der Waals surface area contributed by atoms with Crippen LogP contribution in [-0.2, 0) is 11.3 Å². The normalized spacial score (nSPS) is 9.29. The van der Waals surface area contributed by atoms with Gasteiger partial charge in [0.1, 0.15) is 0 Å². The van der Waals surface area contributed by atoms with E-state index in [4.69, 9.17) is 10.2 Å². The van der Waals surface area contributed by atoms with E-state index in [0.717, 1.165) is 11.3 Å². The number of hydrogen-bond acceptors (Lipinski definition) is 3.